The molecule has 0 heterocycles. The van der Waals surface area contributed by atoms with Gasteiger partial charge >= 0.3 is 0 Å². The molecule has 0 atom stereocenters. The Morgan fingerprint density at radius 2 is 1.94 bits per heavy atom. The fraction of sp³-hybridized carbons (Fsp3) is 0.500. The van der Waals surface area contributed by atoms with Gasteiger partial charge in [0.05, 0.1) is 19.6 Å². The molecule has 1 aromatic carbocycles. The van der Waals surface area contributed by atoms with E-state index in [4.69, 9.17) is 9.57 Å². The van der Waals surface area contributed by atoms with Crippen LogP contribution in [0.25, 0.3) is 0 Å². The number of ether oxygens (including phenoxy) is 1. The van der Waals surface area contributed by atoms with Crippen LogP contribution in [0.1, 0.15) is 25.8 Å². The molecule has 0 aromatic heterocycles. The van der Waals surface area contributed by atoms with Gasteiger partial charge < -0.3 is 4.74 Å². The molecule has 0 radical (unpaired) electrons. The maximum absolute atomic E-state index is 11.4. The van der Waals surface area contributed by atoms with E-state index < -0.39 is 0 Å². The molecule has 1 N–H and O–H groups in total. The third-order valence-corrected chi connectivity index (χ3v) is 2.22. The zero-order valence-electron chi connectivity index (χ0n) is 11.2. The standard InChI is InChI=1S/C14H21NO3/c1-11(2)10-18-15-14(16)8-9-17-13-6-4-12(3)5-7-13/h4-7,11H,8-10H2,1-3H3,(H,15,16). The molecule has 0 aliphatic heterocycles. The first-order valence-electron chi connectivity index (χ1n) is 6.18. The molecule has 1 aromatic rings. The van der Waals surface area contributed by atoms with E-state index in [0.29, 0.717) is 19.1 Å². The lowest BCUT2D eigenvalue weighted by Gasteiger charge is -2.08. The van der Waals surface area contributed by atoms with Crippen LogP contribution in [0.15, 0.2) is 24.3 Å². The number of rotatable bonds is 7. The minimum atomic E-state index is -0.164. The first-order valence-corrected chi connectivity index (χ1v) is 6.18. The van der Waals surface area contributed by atoms with Crippen molar-refractivity contribution in [3.63, 3.8) is 0 Å². The van der Waals surface area contributed by atoms with E-state index in [0.717, 1.165) is 5.75 Å². The van der Waals surface area contributed by atoms with Gasteiger partial charge in [-0.2, -0.15) is 0 Å². The van der Waals surface area contributed by atoms with E-state index in [1.807, 2.05) is 45.0 Å². The van der Waals surface area contributed by atoms with Crippen LogP contribution >= 0.6 is 0 Å². The Morgan fingerprint density at radius 1 is 1.28 bits per heavy atom. The van der Waals surface area contributed by atoms with Crippen molar-refractivity contribution in [2.24, 2.45) is 5.92 Å². The van der Waals surface area contributed by atoms with Gasteiger partial charge in [-0.25, -0.2) is 5.48 Å². The lowest BCUT2D eigenvalue weighted by atomic mass is 10.2. The highest BCUT2D eigenvalue weighted by atomic mass is 16.7. The normalized spacial score (nSPS) is 10.4. The van der Waals surface area contributed by atoms with Gasteiger partial charge in [0, 0.05) is 0 Å². The van der Waals surface area contributed by atoms with Crippen molar-refractivity contribution in [1.29, 1.82) is 0 Å². The minimum Gasteiger partial charge on any atom is -0.493 e. The fourth-order valence-corrected chi connectivity index (χ4v) is 1.24. The smallest absolute Gasteiger partial charge is 0.246 e. The molecule has 0 bridgehead atoms. The summed E-state index contributed by atoms with van der Waals surface area (Å²) in [5.74, 6) is 1.01. The monoisotopic (exact) mass is 251 g/mol. The minimum absolute atomic E-state index is 0.164. The Balaban J connectivity index is 2.13. The number of carbonyl (C=O) groups excluding carboxylic acids is 1. The van der Waals surface area contributed by atoms with Gasteiger partial charge in [-0.1, -0.05) is 31.5 Å². The zero-order valence-corrected chi connectivity index (χ0v) is 11.2. The number of aryl methyl sites for hydroxylation is 1. The van der Waals surface area contributed by atoms with E-state index >= 15 is 0 Å². The van der Waals surface area contributed by atoms with Crippen molar-refractivity contribution in [3.05, 3.63) is 29.8 Å². The molecule has 0 fully saturated rings. The molecule has 0 aliphatic rings. The van der Waals surface area contributed by atoms with Gasteiger partial charge in [-0.05, 0) is 25.0 Å². The Morgan fingerprint density at radius 3 is 2.56 bits per heavy atom. The quantitative estimate of drug-likeness (QED) is 0.757. The number of hydrogen-bond acceptors (Lipinski definition) is 3. The summed E-state index contributed by atoms with van der Waals surface area (Å²) in [6, 6.07) is 7.73. The third-order valence-electron chi connectivity index (χ3n) is 2.22. The number of hydroxylamine groups is 1. The van der Waals surface area contributed by atoms with Crippen molar-refractivity contribution in [3.8, 4) is 5.75 Å². The second-order valence-corrected chi connectivity index (χ2v) is 4.64. The van der Waals surface area contributed by atoms with Crippen molar-refractivity contribution in [2.45, 2.75) is 27.2 Å². The highest BCUT2D eigenvalue weighted by Crippen LogP contribution is 2.11. The second-order valence-electron chi connectivity index (χ2n) is 4.64. The largest absolute Gasteiger partial charge is 0.493 e. The van der Waals surface area contributed by atoms with Gasteiger partial charge in [-0.15, -0.1) is 0 Å². The van der Waals surface area contributed by atoms with E-state index in [-0.39, 0.29) is 12.3 Å². The number of amides is 1. The van der Waals surface area contributed by atoms with E-state index in [2.05, 4.69) is 5.48 Å². The van der Waals surface area contributed by atoms with Crippen LogP contribution in [0.3, 0.4) is 0 Å². The summed E-state index contributed by atoms with van der Waals surface area (Å²) in [6.45, 7) is 6.92. The summed E-state index contributed by atoms with van der Waals surface area (Å²) in [6.07, 6.45) is 0.284. The van der Waals surface area contributed by atoms with E-state index in [1.165, 1.54) is 5.56 Å². The van der Waals surface area contributed by atoms with Gasteiger partial charge in [0.25, 0.3) is 0 Å². The molecular formula is C14H21NO3. The van der Waals surface area contributed by atoms with Gasteiger partial charge in [-0.3, -0.25) is 9.63 Å². The van der Waals surface area contributed by atoms with Crippen LogP contribution in [0.2, 0.25) is 0 Å². The van der Waals surface area contributed by atoms with Crippen molar-refractivity contribution in [1.82, 2.24) is 5.48 Å². The van der Waals surface area contributed by atoms with Crippen molar-refractivity contribution in [2.75, 3.05) is 13.2 Å². The molecule has 18 heavy (non-hydrogen) atoms. The molecule has 100 valence electrons. The van der Waals surface area contributed by atoms with Crippen LogP contribution in [0, 0.1) is 12.8 Å². The first-order chi connectivity index (χ1) is 8.58. The molecule has 4 nitrogen and oxygen atoms in total. The summed E-state index contributed by atoms with van der Waals surface area (Å²) in [5, 5.41) is 0. The van der Waals surface area contributed by atoms with Gasteiger partial charge in [0.1, 0.15) is 5.75 Å². The lowest BCUT2D eigenvalue weighted by Crippen LogP contribution is -2.26. The Labute approximate surface area is 108 Å². The molecule has 0 unspecified atom stereocenters. The van der Waals surface area contributed by atoms with E-state index in [9.17, 15) is 4.79 Å². The zero-order chi connectivity index (χ0) is 13.4. The average molecular weight is 251 g/mol. The highest BCUT2D eigenvalue weighted by Gasteiger charge is 2.02. The molecule has 0 saturated heterocycles. The van der Waals surface area contributed by atoms with Crippen molar-refractivity contribution < 1.29 is 14.4 Å². The molecule has 0 saturated carbocycles. The maximum Gasteiger partial charge on any atom is 0.246 e. The number of benzene rings is 1. The fourth-order valence-electron chi connectivity index (χ4n) is 1.24. The Bertz CT molecular complexity index is 360. The summed E-state index contributed by atoms with van der Waals surface area (Å²) in [7, 11) is 0. The summed E-state index contributed by atoms with van der Waals surface area (Å²) < 4.78 is 5.44. The predicted octanol–water partition coefficient (Wildman–Crippen LogP) is 2.47. The molecular weight excluding hydrogens is 230 g/mol. The van der Waals surface area contributed by atoms with Crippen LogP contribution in [-0.4, -0.2) is 19.1 Å². The number of nitrogens with one attached hydrogen (secondary N) is 1. The van der Waals surface area contributed by atoms with Gasteiger partial charge in [0.15, 0.2) is 0 Å². The maximum atomic E-state index is 11.4. The topological polar surface area (TPSA) is 47.6 Å². The number of carbonyl (C=O) groups is 1. The third kappa shape index (κ3) is 6.25. The SMILES string of the molecule is Cc1ccc(OCCC(=O)NOCC(C)C)cc1. The summed E-state index contributed by atoms with van der Waals surface area (Å²) >= 11 is 0. The number of hydrogen-bond donors (Lipinski definition) is 1. The van der Waals surface area contributed by atoms with Crippen LogP contribution in [0.5, 0.6) is 5.75 Å². The summed E-state index contributed by atoms with van der Waals surface area (Å²) in [4.78, 5) is 16.4. The van der Waals surface area contributed by atoms with Crippen molar-refractivity contribution >= 4 is 5.91 Å². The van der Waals surface area contributed by atoms with Crippen LogP contribution < -0.4 is 10.2 Å². The lowest BCUT2D eigenvalue weighted by molar-refractivity contribution is -0.134. The predicted molar refractivity (Wildman–Crippen MR) is 70.2 cm³/mol. The van der Waals surface area contributed by atoms with Crippen LogP contribution in [-0.2, 0) is 9.63 Å². The summed E-state index contributed by atoms with van der Waals surface area (Å²) in [5.41, 5.74) is 3.57. The molecule has 1 amide bonds. The van der Waals surface area contributed by atoms with E-state index in [1.54, 1.807) is 0 Å². The highest BCUT2D eigenvalue weighted by molar-refractivity contribution is 5.74. The first kappa shape index (κ1) is 14.5. The Hall–Kier alpha value is -1.55. The van der Waals surface area contributed by atoms with Crippen LogP contribution in [0.4, 0.5) is 0 Å². The molecule has 4 heteroatoms. The Kier molecular flexibility index (Phi) is 6.22. The molecule has 0 aliphatic carbocycles. The van der Waals surface area contributed by atoms with Gasteiger partial charge in [0.2, 0.25) is 5.91 Å². The molecule has 0 spiro atoms. The second kappa shape index (κ2) is 7.71. The average Bonchev–Trinajstić information content (AvgIpc) is 2.31. The molecule has 1 rings (SSSR count).